The average Bonchev–Trinajstić information content (AvgIpc) is 2.92. The summed E-state index contributed by atoms with van der Waals surface area (Å²) < 4.78 is 0. The number of hydrogen-bond donors (Lipinski definition) is 0. The topological polar surface area (TPSA) is 39.7 Å². The molecule has 0 unspecified atom stereocenters. The van der Waals surface area contributed by atoms with E-state index in [-0.39, 0.29) is 5.91 Å². The predicted molar refractivity (Wildman–Crippen MR) is 107 cm³/mol. The van der Waals surface area contributed by atoms with Crippen molar-refractivity contribution >= 4 is 11.6 Å². The van der Waals surface area contributed by atoms with Gasteiger partial charge in [0.25, 0.3) is 0 Å². The van der Waals surface area contributed by atoms with Crippen LogP contribution in [-0.2, 0) is 11.3 Å². The van der Waals surface area contributed by atoms with Gasteiger partial charge >= 0.3 is 0 Å². The van der Waals surface area contributed by atoms with Gasteiger partial charge < -0.3 is 9.80 Å². The van der Waals surface area contributed by atoms with Crippen LogP contribution in [-0.4, -0.2) is 60.0 Å². The van der Waals surface area contributed by atoms with E-state index in [1.807, 2.05) is 47.5 Å². The summed E-state index contributed by atoms with van der Waals surface area (Å²) in [7, 11) is 0. The molecular weight excluding hydrogens is 336 g/mol. The molecule has 0 N–H and O–H groups in total. The molecule has 2 aliphatic rings. The lowest BCUT2D eigenvalue weighted by atomic mass is 10.1. The van der Waals surface area contributed by atoms with Crippen molar-refractivity contribution in [2.45, 2.75) is 19.4 Å². The molecule has 2 aliphatic heterocycles. The fourth-order valence-corrected chi connectivity index (χ4v) is 4.21. The van der Waals surface area contributed by atoms with Gasteiger partial charge in [-0.2, -0.15) is 0 Å². The van der Waals surface area contributed by atoms with Gasteiger partial charge in [-0.15, -0.1) is 0 Å². The number of amides is 1. The Balaban J connectivity index is 1.28. The maximum absolute atomic E-state index is 12.4. The molecule has 1 aromatic heterocycles. The van der Waals surface area contributed by atoms with Gasteiger partial charge in [-0.3, -0.25) is 14.7 Å². The number of hydrogen-bond acceptors (Lipinski definition) is 4. The zero-order valence-electron chi connectivity index (χ0n) is 15.8. The number of carbonyl (C=O) groups excluding carboxylic acids is 1. The highest BCUT2D eigenvalue weighted by Crippen LogP contribution is 2.25. The molecule has 142 valence electrons. The van der Waals surface area contributed by atoms with Crippen LogP contribution in [0.15, 0.2) is 54.7 Å². The second-order valence-corrected chi connectivity index (χ2v) is 7.66. The Labute approximate surface area is 161 Å². The molecular formula is C22H28N4O. The fourth-order valence-electron chi connectivity index (χ4n) is 4.21. The fraction of sp³-hybridized carbons (Fsp3) is 0.455. The lowest BCUT2D eigenvalue weighted by molar-refractivity contribution is -0.117. The molecule has 5 heteroatoms. The molecule has 0 radical (unpaired) electrons. The standard InChI is InChI=1S/C22H28N4O/c27-22-15-19(17-26(22)21-8-2-1-3-9-21)16-24-11-6-12-25(14-13-24)18-20-7-4-5-10-23-20/h1-5,7-10,19H,6,11-18H2/t19-/m1/s1. The van der Waals surface area contributed by atoms with E-state index >= 15 is 0 Å². The first kappa shape index (κ1) is 18.1. The first-order chi connectivity index (χ1) is 13.3. The molecule has 5 nitrogen and oxygen atoms in total. The minimum atomic E-state index is 0.262. The highest BCUT2D eigenvalue weighted by Gasteiger charge is 2.32. The molecule has 1 aromatic carbocycles. The Hall–Kier alpha value is -2.24. The number of nitrogens with zero attached hydrogens (tertiary/aromatic N) is 4. The molecule has 1 atom stereocenters. The van der Waals surface area contributed by atoms with Crippen molar-refractivity contribution in [2.24, 2.45) is 5.92 Å². The van der Waals surface area contributed by atoms with Gasteiger partial charge in [-0.25, -0.2) is 0 Å². The zero-order valence-corrected chi connectivity index (χ0v) is 15.8. The molecule has 3 heterocycles. The van der Waals surface area contributed by atoms with Gasteiger partial charge in [0, 0.05) is 51.0 Å². The zero-order chi connectivity index (χ0) is 18.5. The summed E-state index contributed by atoms with van der Waals surface area (Å²) >= 11 is 0. The van der Waals surface area contributed by atoms with E-state index in [0.29, 0.717) is 12.3 Å². The van der Waals surface area contributed by atoms with Gasteiger partial charge in [0.2, 0.25) is 5.91 Å². The van der Waals surface area contributed by atoms with Crippen LogP contribution in [0.1, 0.15) is 18.5 Å². The largest absolute Gasteiger partial charge is 0.312 e. The summed E-state index contributed by atoms with van der Waals surface area (Å²) in [6.45, 7) is 7.17. The van der Waals surface area contributed by atoms with Crippen molar-refractivity contribution in [1.82, 2.24) is 14.8 Å². The van der Waals surface area contributed by atoms with Crippen LogP contribution in [0, 0.1) is 5.92 Å². The van der Waals surface area contributed by atoms with Crippen LogP contribution in [0.3, 0.4) is 0 Å². The Morgan fingerprint density at radius 3 is 2.52 bits per heavy atom. The highest BCUT2D eigenvalue weighted by atomic mass is 16.2. The van der Waals surface area contributed by atoms with E-state index in [2.05, 4.69) is 26.9 Å². The molecule has 0 saturated carbocycles. The van der Waals surface area contributed by atoms with Crippen LogP contribution in [0.5, 0.6) is 0 Å². The van der Waals surface area contributed by atoms with Crippen LogP contribution in [0.25, 0.3) is 0 Å². The molecule has 0 spiro atoms. The number of aromatic nitrogens is 1. The second kappa shape index (κ2) is 8.63. The molecule has 4 rings (SSSR count). The van der Waals surface area contributed by atoms with Crippen LogP contribution in [0.2, 0.25) is 0 Å². The van der Waals surface area contributed by atoms with Crippen LogP contribution < -0.4 is 4.90 Å². The maximum atomic E-state index is 12.4. The van der Waals surface area contributed by atoms with Gasteiger partial charge in [0.1, 0.15) is 0 Å². The van der Waals surface area contributed by atoms with E-state index in [1.165, 1.54) is 6.42 Å². The molecule has 0 bridgehead atoms. The Kier molecular flexibility index (Phi) is 5.80. The van der Waals surface area contributed by atoms with Crippen LogP contribution >= 0.6 is 0 Å². The summed E-state index contributed by atoms with van der Waals surface area (Å²) in [6.07, 6.45) is 3.72. The summed E-state index contributed by atoms with van der Waals surface area (Å²) in [4.78, 5) is 23.9. The maximum Gasteiger partial charge on any atom is 0.227 e. The van der Waals surface area contributed by atoms with Crippen molar-refractivity contribution in [3.63, 3.8) is 0 Å². The summed E-state index contributed by atoms with van der Waals surface area (Å²) in [5.74, 6) is 0.692. The van der Waals surface area contributed by atoms with Crippen molar-refractivity contribution in [3.8, 4) is 0 Å². The van der Waals surface area contributed by atoms with E-state index in [9.17, 15) is 4.79 Å². The van der Waals surface area contributed by atoms with Crippen LogP contribution in [0.4, 0.5) is 5.69 Å². The van der Waals surface area contributed by atoms with E-state index < -0.39 is 0 Å². The summed E-state index contributed by atoms with van der Waals surface area (Å²) in [5.41, 5.74) is 2.17. The third-order valence-corrected chi connectivity index (χ3v) is 5.58. The van der Waals surface area contributed by atoms with Gasteiger partial charge in [-0.1, -0.05) is 24.3 Å². The average molecular weight is 364 g/mol. The van der Waals surface area contributed by atoms with Gasteiger partial charge in [0.05, 0.1) is 5.69 Å². The van der Waals surface area contributed by atoms with Gasteiger partial charge in [-0.05, 0) is 49.7 Å². The first-order valence-corrected chi connectivity index (χ1v) is 9.98. The number of benzene rings is 1. The van der Waals surface area contributed by atoms with Crippen molar-refractivity contribution in [3.05, 3.63) is 60.4 Å². The molecule has 2 aromatic rings. The van der Waals surface area contributed by atoms with Crippen molar-refractivity contribution in [1.29, 1.82) is 0 Å². The third kappa shape index (κ3) is 4.73. The molecule has 2 fully saturated rings. The van der Waals surface area contributed by atoms with Gasteiger partial charge in [0.15, 0.2) is 0 Å². The minimum absolute atomic E-state index is 0.262. The smallest absolute Gasteiger partial charge is 0.227 e. The van der Waals surface area contributed by atoms with Crippen molar-refractivity contribution < 1.29 is 4.79 Å². The summed E-state index contributed by atoms with van der Waals surface area (Å²) in [5, 5.41) is 0. The van der Waals surface area contributed by atoms with E-state index in [4.69, 9.17) is 0 Å². The summed E-state index contributed by atoms with van der Waals surface area (Å²) in [6, 6.07) is 16.2. The molecule has 1 amide bonds. The SMILES string of the molecule is O=C1C[C@H](CN2CCCN(Cc3ccccn3)CC2)CN1c1ccccc1. The third-order valence-electron chi connectivity index (χ3n) is 5.58. The number of anilines is 1. The van der Waals surface area contributed by atoms with E-state index in [0.717, 1.165) is 57.2 Å². The van der Waals surface area contributed by atoms with Crippen molar-refractivity contribution in [2.75, 3.05) is 44.2 Å². The lowest BCUT2D eigenvalue weighted by Gasteiger charge is -2.24. The molecule has 0 aliphatic carbocycles. The molecule has 27 heavy (non-hydrogen) atoms. The lowest BCUT2D eigenvalue weighted by Crippen LogP contribution is -2.35. The Morgan fingerprint density at radius 1 is 0.926 bits per heavy atom. The first-order valence-electron chi connectivity index (χ1n) is 9.98. The number of rotatable bonds is 5. The normalized spacial score (nSPS) is 22.1. The quantitative estimate of drug-likeness (QED) is 0.818. The molecule has 2 saturated heterocycles. The number of para-hydroxylation sites is 1. The Morgan fingerprint density at radius 2 is 1.70 bits per heavy atom. The Bertz CT molecular complexity index is 736. The van der Waals surface area contributed by atoms with E-state index in [1.54, 1.807) is 0 Å². The number of carbonyl (C=O) groups is 1. The monoisotopic (exact) mass is 364 g/mol. The predicted octanol–water partition coefficient (Wildman–Crippen LogP) is 2.64. The highest BCUT2D eigenvalue weighted by molar-refractivity contribution is 5.95. The second-order valence-electron chi connectivity index (χ2n) is 7.66. The minimum Gasteiger partial charge on any atom is -0.312 e. The number of pyridine rings is 1.